The molecule has 3 aromatic carbocycles. The number of anilines is 1. The Kier molecular flexibility index (Phi) is 3.79. The van der Waals surface area contributed by atoms with Gasteiger partial charge in [-0.05, 0) is 48.0 Å². The van der Waals surface area contributed by atoms with Gasteiger partial charge in [0, 0.05) is 11.3 Å². The van der Waals surface area contributed by atoms with Crippen LogP contribution in [-0.2, 0) is 0 Å². The Labute approximate surface area is 129 Å². The summed E-state index contributed by atoms with van der Waals surface area (Å²) in [5.74, 6) is 0.596. The van der Waals surface area contributed by atoms with E-state index in [-0.39, 0.29) is 5.78 Å². The maximum absolute atomic E-state index is 12.5. The lowest BCUT2D eigenvalue weighted by Crippen LogP contribution is -2.23. The minimum atomic E-state index is -0.551. The Morgan fingerprint density at radius 3 is 2.36 bits per heavy atom. The van der Waals surface area contributed by atoms with E-state index in [1.54, 1.807) is 31.2 Å². The minimum absolute atomic E-state index is 0.0393. The molecule has 0 saturated carbocycles. The van der Waals surface area contributed by atoms with E-state index in [0.717, 1.165) is 10.8 Å². The number of rotatable bonds is 4. The van der Waals surface area contributed by atoms with Crippen molar-refractivity contribution in [3.8, 4) is 5.75 Å². The standard InChI is InChI=1S/C19H17NO2/c1-13(22-18-10-8-17(20)9-11-18)19(21)16-7-6-14-4-2-3-5-15(14)12-16/h2-13H,20H2,1H3. The number of nitrogens with two attached hydrogens (primary N) is 1. The fraction of sp³-hybridized carbons (Fsp3) is 0.105. The van der Waals surface area contributed by atoms with Crippen molar-refractivity contribution >= 4 is 22.2 Å². The van der Waals surface area contributed by atoms with Crippen LogP contribution in [0.2, 0.25) is 0 Å². The average Bonchev–Trinajstić information content (AvgIpc) is 2.55. The second-order valence-electron chi connectivity index (χ2n) is 5.26. The Bertz CT molecular complexity index is 809. The van der Waals surface area contributed by atoms with E-state index in [1.165, 1.54) is 0 Å². The summed E-state index contributed by atoms with van der Waals surface area (Å²) in [6.07, 6.45) is -0.551. The molecule has 0 fully saturated rings. The van der Waals surface area contributed by atoms with Crippen LogP contribution in [0.15, 0.2) is 66.7 Å². The number of nitrogen functional groups attached to an aromatic ring is 1. The number of Topliss-reactive ketones (excluding diaryl/α,β-unsaturated/α-hetero) is 1. The van der Waals surface area contributed by atoms with E-state index in [0.29, 0.717) is 17.0 Å². The maximum Gasteiger partial charge on any atom is 0.203 e. The zero-order valence-electron chi connectivity index (χ0n) is 12.3. The summed E-state index contributed by atoms with van der Waals surface area (Å²) in [6, 6.07) is 20.7. The van der Waals surface area contributed by atoms with Crippen molar-refractivity contribution in [1.82, 2.24) is 0 Å². The van der Waals surface area contributed by atoms with Crippen LogP contribution < -0.4 is 10.5 Å². The Morgan fingerprint density at radius 1 is 0.955 bits per heavy atom. The number of ketones is 1. The molecule has 0 spiro atoms. The smallest absolute Gasteiger partial charge is 0.203 e. The van der Waals surface area contributed by atoms with Gasteiger partial charge in [0.05, 0.1) is 0 Å². The van der Waals surface area contributed by atoms with Gasteiger partial charge in [-0.15, -0.1) is 0 Å². The molecule has 0 aliphatic carbocycles. The van der Waals surface area contributed by atoms with Gasteiger partial charge in [-0.2, -0.15) is 0 Å². The highest BCUT2D eigenvalue weighted by atomic mass is 16.5. The molecule has 0 amide bonds. The van der Waals surface area contributed by atoms with Crippen LogP contribution in [0.25, 0.3) is 10.8 Å². The number of benzene rings is 3. The number of hydrogen-bond donors (Lipinski definition) is 1. The predicted octanol–water partition coefficient (Wildman–Crippen LogP) is 4.07. The summed E-state index contributed by atoms with van der Waals surface area (Å²) in [7, 11) is 0. The Hall–Kier alpha value is -2.81. The highest BCUT2D eigenvalue weighted by Gasteiger charge is 2.17. The number of fused-ring (bicyclic) bond motifs is 1. The molecule has 0 aliphatic heterocycles. The zero-order chi connectivity index (χ0) is 15.5. The Balaban J connectivity index is 1.80. The molecule has 0 bridgehead atoms. The zero-order valence-corrected chi connectivity index (χ0v) is 12.3. The normalized spacial score (nSPS) is 12.0. The van der Waals surface area contributed by atoms with E-state index in [9.17, 15) is 4.79 Å². The molecule has 22 heavy (non-hydrogen) atoms. The van der Waals surface area contributed by atoms with E-state index in [2.05, 4.69) is 0 Å². The number of carbonyl (C=O) groups is 1. The van der Waals surface area contributed by atoms with Crippen molar-refractivity contribution < 1.29 is 9.53 Å². The third kappa shape index (κ3) is 2.93. The van der Waals surface area contributed by atoms with Crippen molar-refractivity contribution in [2.75, 3.05) is 5.73 Å². The second kappa shape index (κ2) is 5.90. The van der Waals surface area contributed by atoms with Crippen LogP contribution in [0.3, 0.4) is 0 Å². The molecule has 3 aromatic rings. The van der Waals surface area contributed by atoms with Crippen LogP contribution in [-0.4, -0.2) is 11.9 Å². The third-order valence-electron chi connectivity index (χ3n) is 3.60. The van der Waals surface area contributed by atoms with Crippen molar-refractivity contribution in [2.45, 2.75) is 13.0 Å². The van der Waals surface area contributed by atoms with Crippen LogP contribution in [0.1, 0.15) is 17.3 Å². The fourth-order valence-electron chi connectivity index (χ4n) is 2.38. The fourth-order valence-corrected chi connectivity index (χ4v) is 2.38. The van der Waals surface area contributed by atoms with E-state index >= 15 is 0 Å². The van der Waals surface area contributed by atoms with Gasteiger partial charge < -0.3 is 10.5 Å². The van der Waals surface area contributed by atoms with Gasteiger partial charge in [0.25, 0.3) is 0 Å². The SMILES string of the molecule is CC(Oc1ccc(N)cc1)C(=O)c1ccc2ccccc2c1. The van der Waals surface area contributed by atoms with Crippen LogP contribution >= 0.6 is 0 Å². The minimum Gasteiger partial charge on any atom is -0.483 e. The molecule has 0 radical (unpaired) electrons. The molecular formula is C19H17NO2. The summed E-state index contributed by atoms with van der Waals surface area (Å²) in [6.45, 7) is 1.76. The van der Waals surface area contributed by atoms with Crippen molar-refractivity contribution in [3.63, 3.8) is 0 Å². The number of carbonyl (C=O) groups excluding carboxylic acids is 1. The van der Waals surface area contributed by atoms with Gasteiger partial charge in [0.1, 0.15) is 5.75 Å². The molecule has 110 valence electrons. The topological polar surface area (TPSA) is 52.3 Å². The van der Waals surface area contributed by atoms with Crippen LogP contribution in [0.5, 0.6) is 5.75 Å². The summed E-state index contributed by atoms with van der Waals surface area (Å²) >= 11 is 0. The molecule has 1 unspecified atom stereocenters. The lowest BCUT2D eigenvalue weighted by molar-refractivity contribution is 0.0818. The molecule has 0 aliphatic rings. The first-order valence-corrected chi connectivity index (χ1v) is 7.19. The van der Waals surface area contributed by atoms with Crippen LogP contribution in [0.4, 0.5) is 5.69 Å². The van der Waals surface area contributed by atoms with Gasteiger partial charge >= 0.3 is 0 Å². The predicted molar refractivity (Wildman–Crippen MR) is 89.2 cm³/mol. The lowest BCUT2D eigenvalue weighted by Gasteiger charge is -2.14. The maximum atomic E-state index is 12.5. The van der Waals surface area contributed by atoms with Gasteiger partial charge in [-0.3, -0.25) is 4.79 Å². The molecule has 0 aromatic heterocycles. The summed E-state index contributed by atoms with van der Waals surface area (Å²) in [5.41, 5.74) is 6.96. The molecule has 0 saturated heterocycles. The summed E-state index contributed by atoms with van der Waals surface area (Å²) in [5, 5.41) is 2.17. The van der Waals surface area contributed by atoms with Gasteiger partial charge in [0.2, 0.25) is 5.78 Å². The highest BCUT2D eigenvalue weighted by molar-refractivity contribution is 6.02. The van der Waals surface area contributed by atoms with Crippen molar-refractivity contribution in [1.29, 1.82) is 0 Å². The van der Waals surface area contributed by atoms with Crippen molar-refractivity contribution in [2.24, 2.45) is 0 Å². The molecule has 3 nitrogen and oxygen atoms in total. The third-order valence-corrected chi connectivity index (χ3v) is 3.60. The first-order valence-electron chi connectivity index (χ1n) is 7.19. The second-order valence-corrected chi connectivity index (χ2v) is 5.26. The number of hydrogen-bond acceptors (Lipinski definition) is 3. The van der Waals surface area contributed by atoms with E-state index in [4.69, 9.17) is 10.5 Å². The Morgan fingerprint density at radius 2 is 1.64 bits per heavy atom. The molecule has 2 N–H and O–H groups in total. The van der Waals surface area contributed by atoms with Gasteiger partial charge in [0.15, 0.2) is 6.10 Å². The molecule has 1 atom stereocenters. The molecule has 3 rings (SSSR count). The van der Waals surface area contributed by atoms with Gasteiger partial charge in [-0.1, -0.05) is 36.4 Å². The highest BCUT2D eigenvalue weighted by Crippen LogP contribution is 2.19. The first-order chi connectivity index (χ1) is 10.6. The first kappa shape index (κ1) is 14.1. The van der Waals surface area contributed by atoms with Crippen molar-refractivity contribution in [3.05, 3.63) is 72.3 Å². The van der Waals surface area contributed by atoms with E-state index in [1.807, 2.05) is 42.5 Å². The average molecular weight is 291 g/mol. The molecule has 0 heterocycles. The van der Waals surface area contributed by atoms with Gasteiger partial charge in [-0.25, -0.2) is 0 Å². The monoisotopic (exact) mass is 291 g/mol. The van der Waals surface area contributed by atoms with E-state index < -0.39 is 6.10 Å². The lowest BCUT2D eigenvalue weighted by atomic mass is 10.0. The van der Waals surface area contributed by atoms with Crippen LogP contribution in [0, 0.1) is 0 Å². The molecular weight excluding hydrogens is 274 g/mol. The molecule has 3 heteroatoms. The number of ether oxygens (including phenoxy) is 1. The largest absolute Gasteiger partial charge is 0.483 e. The summed E-state index contributed by atoms with van der Waals surface area (Å²) < 4.78 is 5.69. The quantitative estimate of drug-likeness (QED) is 0.582. The summed E-state index contributed by atoms with van der Waals surface area (Å²) in [4.78, 5) is 12.5.